The summed E-state index contributed by atoms with van der Waals surface area (Å²) in [5.74, 6) is 0.979. The van der Waals surface area contributed by atoms with Crippen molar-refractivity contribution in [1.82, 2.24) is 10.2 Å². The van der Waals surface area contributed by atoms with Gasteiger partial charge in [-0.05, 0) is 26.1 Å². The van der Waals surface area contributed by atoms with E-state index in [1.165, 1.54) is 0 Å². The molecule has 0 saturated heterocycles. The molecule has 0 saturated carbocycles. The van der Waals surface area contributed by atoms with Gasteiger partial charge in [0.05, 0.1) is 19.4 Å². The molecule has 1 heterocycles. The Kier molecular flexibility index (Phi) is 6.15. The Hall–Kier alpha value is -0.840. The summed E-state index contributed by atoms with van der Waals surface area (Å²) in [6.07, 6.45) is 1.70. The average molecular weight is 226 g/mol. The van der Waals surface area contributed by atoms with Crippen LogP contribution >= 0.6 is 0 Å². The minimum absolute atomic E-state index is 0.454. The number of likely N-dealkylation sites (N-methyl/N-ethyl adjacent to an activating group) is 1. The van der Waals surface area contributed by atoms with Gasteiger partial charge in [-0.2, -0.15) is 0 Å². The number of methoxy groups -OCH3 is 1. The van der Waals surface area contributed by atoms with Gasteiger partial charge < -0.3 is 19.4 Å². The summed E-state index contributed by atoms with van der Waals surface area (Å²) in [6.45, 7) is 5.68. The molecule has 1 atom stereocenters. The Balaban J connectivity index is 2.06. The van der Waals surface area contributed by atoms with Crippen molar-refractivity contribution in [1.29, 1.82) is 0 Å². The van der Waals surface area contributed by atoms with Gasteiger partial charge in [-0.25, -0.2) is 0 Å². The molecular formula is C12H22N2O2. The first-order chi connectivity index (χ1) is 7.74. The van der Waals surface area contributed by atoms with E-state index in [-0.39, 0.29) is 0 Å². The molecule has 0 aromatic carbocycles. The Labute approximate surface area is 97.6 Å². The largest absolute Gasteiger partial charge is 0.468 e. The van der Waals surface area contributed by atoms with E-state index in [1.54, 1.807) is 13.4 Å². The number of rotatable bonds is 8. The molecule has 0 aliphatic rings. The van der Waals surface area contributed by atoms with Crippen LogP contribution in [-0.4, -0.2) is 44.8 Å². The number of hydrogen-bond acceptors (Lipinski definition) is 4. The lowest BCUT2D eigenvalue weighted by atomic mass is 10.3. The van der Waals surface area contributed by atoms with Crippen LogP contribution in [0.3, 0.4) is 0 Å². The summed E-state index contributed by atoms with van der Waals surface area (Å²) < 4.78 is 10.3. The highest BCUT2D eigenvalue weighted by molar-refractivity contribution is 4.97. The third-order valence-corrected chi connectivity index (χ3v) is 2.68. The summed E-state index contributed by atoms with van der Waals surface area (Å²) in [6, 6.07) is 4.34. The lowest BCUT2D eigenvalue weighted by Crippen LogP contribution is -2.37. The minimum atomic E-state index is 0.454. The van der Waals surface area contributed by atoms with Crippen LogP contribution in [0.15, 0.2) is 22.8 Å². The Bertz CT molecular complexity index is 262. The normalized spacial score (nSPS) is 13.2. The van der Waals surface area contributed by atoms with Crippen LogP contribution in [0.1, 0.15) is 12.7 Å². The highest BCUT2D eigenvalue weighted by Gasteiger charge is 2.07. The first kappa shape index (κ1) is 13.2. The van der Waals surface area contributed by atoms with Gasteiger partial charge in [0, 0.05) is 26.2 Å². The monoisotopic (exact) mass is 226 g/mol. The molecule has 1 N–H and O–H groups in total. The SMILES string of the molecule is COCC(C)N(C)CCNCc1ccco1. The summed E-state index contributed by atoms with van der Waals surface area (Å²) in [5.41, 5.74) is 0. The third-order valence-electron chi connectivity index (χ3n) is 2.68. The van der Waals surface area contributed by atoms with E-state index in [0.717, 1.165) is 32.0 Å². The summed E-state index contributed by atoms with van der Waals surface area (Å²) in [5, 5.41) is 3.34. The second kappa shape index (κ2) is 7.44. The van der Waals surface area contributed by atoms with E-state index in [1.807, 2.05) is 12.1 Å². The number of ether oxygens (including phenoxy) is 1. The number of furan rings is 1. The van der Waals surface area contributed by atoms with Crippen molar-refractivity contribution in [3.63, 3.8) is 0 Å². The molecule has 4 heteroatoms. The molecular weight excluding hydrogens is 204 g/mol. The molecule has 1 aromatic heterocycles. The zero-order chi connectivity index (χ0) is 11.8. The highest BCUT2D eigenvalue weighted by Crippen LogP contribution is 1.98. The van der Waals surface area contributed by atoms with Gasteiger partial charge in [0.25, 0.3) is 0 Å². The van der Waals surface area contributed by atoms with Gasteiger partial charge in [0.1, 0.15) is 5.76 Å². The quantitative estimate of drug-likeness (QED) is 0.679. The molecule has 16 heavy (non-hydrogen) atoms. The van der Waals surface area contributed by atoms with Crippen molar-refractivity contribution in [3.8, 4) is 0 Å². The molecule has 0 bridgehead atoms. The first-order valence-electron chi connectivity index (χ1n) is 5.66. The third kappa shape index (κ3) is 4.79. The van der Waals surface area contributed by atoms with Crippen LogP contribution in [0.4, 0.5) is 0 Å². The van der Waals surface area contributed by atoms with Gasteiger partial charge in [0.2, 0.25) is 0 Å². The molecule has 1 rings (SSSR count). The summed E-state index contributed by atoms with van der Waals surface area (Å²) in [7, 11) is 3.84. The van der Waals surface area contributed by atoms with Gasteiger partial charge in [-0.1, -0.05) is 0 Å². The first-order valence-corrected chi connectivity index (χ1v) is 5.66. The second-order valence-corrected chi connectivity index (χ2v) is 4.04. The van der Waals surface area contributed by atoms with Crippen LogP contribution in [0.2, 0.25) is 0 Å². The topological polar surface area (TPSA) is 37.6 Å². The Morgan fingerprint density at radius 1 is 1.56 bits per heavy atom. The van der Waals surface area contributed by atoms with Crippen LogP contribution in [0.25, 0.3) is 0 Å². The molecule has 1 unspecified atom stereocenters. The fraction of sp³-hybridized carbons (Fsp3) is 0.667. The maximum atomic E-state index is 5.23. The highest BCUT2D eigenvalue weighted by atomic mass is 16.5. The summed E-state index contributed by atoms with van der Waals surface area (Å²) in [4.78, 5) is 2.28. The molecule has 0 amide bonds. The van der Waals surface area contributed by atoms with Crippen LogP contribution < -0.4 is 5.32 Å². The molecule has 0 spiro atoms. The fourth-order valence-corrected chi connectivity index (χ4v) is 1.47. The molecule has 1 aromatic rings. The van der Waals surface area contributed by atoms with Crippen LogP contribution in [-0.2, 0) is 11.3 Å². The average Bonchev–Trinajstić information content (AvgIpc) is 2.77. The van der Waals surface area contributed by atoms with Crippen molar-refractivity contribution in [2.75, 3.05) is 33.9 Å². The Morgan fingerprint density at radius 3 is 3.00 bits per heavy atom. The molecule has 92 valence electrons. The Morgan fingerprint density at radius 2 is 2.38 bits per heavy atom. The van der Waals surface area contributed by atoms with Crippen molar-refractivity contribution < 1.29 is 9.15 Å². The van der Waals surface area contributed by atoms with Crippen molar-refractivity contribution in [2.45, 2.75) is 19.5 Å². The van der Waals surface area contributed by atoms with Gasteiger partial charge in [0.15, 0.2) is 0 Å². The van der Waals surface area contributed by atoms with Gasteiger partial charge in [-0.15, -0.1) is 0 Å². The van der Waals surface area contributed by atoms with E-state index in [2.05, 4.69) is 24.2 Å². The van der Waals surface area contributed by atoms with E-state index >= 15 is 0 Å². The zero-order valence-electron chi connectivity index (χ0n) is 10.4. The molecule has 4 nitrogen and oxygen atoms in total. The van der Waals surface area contributed by atoms with Gasteiger partial charge in [-0.3, -0.25) is 0 Å². The second-order valence-electron chi connectivity index (χ2n) is 4.04. The van der Waals surface area contributed by atoms with Gasteiger partial charge >= 0.3 is 0 Å². The van der Waals surface area contributed by atoms with Crippen LogP contribution in [0.5, 0.6) is 0 Å². The maximum Gasteiger partial charge on any atom is 0.117 e. The maximum absolute atomic E-state index is 5.23. The minimum Gasteiger partial charge on any atom is -0.468 e. The molecule has 0 fully saturated rings. The van der Waals surface area contributed by atoms with Crippen LogP contribution in [0, 0.1) is 0 Å². The predicted molar refractivity (Wildman–Crippen MR) is 64.4 cm³/mol. The zero-order valence-corrected chi connectivity index (χ0v) is 10.4. The standard InChI is InChI=1S/C12H22N2O2/c1-11(10-15-3)14(2)7-6-13-9-12-5-4-8-16-12/h4-5,8,11,13H,6-7,9-10H2,1-3H3. The van der Waals surface area contributed by atoms with E-state index < -0.39 is 0 Å². The molecule has 0 aliphatic carbocycles. The molecule has 0 radical (unpaired) electrons. The predicted octanol–water partition coefficient (Wildman–Crippen LogP) is 1.34. The van der Waals surface area contributed by atoms with Crippen molar-refractivity contribution in [3.05, 3.63) is 24.2 Å². The summed E-state index contributed by atoms with van der Waals surface area (Å²) >= 11 is 0. The fourth-order valence-electron chi connectivity index (χ4n) is 1.47. The van der Waals surface area contributed by atoms with Crippen molar-refractivity contribution in [2.24, 2.45) is 0 Å². The van der Waals surface area contributed by atoms with Crippen molar-refractivity contribution >= 4 is 0 Å². The van der Waals surface area contributed by atoms with E-state index in [9.17, 15) is 0 Å². The number of nitrogens with one attached hydrogen (secondary N) is 1. The lowest BCUT2D eigenvalue weighted by molar-refractivity contribution is 0.116. The lowest BCUT2D eigenvalue weighted by Gasteiger charge is -2.23. The van der Waals surface area contributed by atoms with E-state index in [0.29, 0.717) is 6.04 Å². The van der Waals surface area contributed by atoms with E-state index in [4.69, 9.17) is 9.15 Å². The number of hydrogen-bond donors (Lipinski definition) is 1. The smallest absolute Gasteiger partial charge is 0.117 e. The molecule has 0 aliphatic heterocycles. The number of nitrogens with zero attached hydrogens (tertiary/aromatic N) is 1.